The van der Waals surface area contributed by atoms with Gasteiger partial charge in [-0.05, 0) is 41.2 Å². The van der Waals surface area contributed by atoms with Crippen molar-refractivity contribution in [2.75, 3.05) is 6.54 Å². The molecule has 2 rings (SSSR count). The molecule has 0 spiro atoms. The van der Waals surface area contributed by atoms with E-state index in [1.807, 2.05) is 6.20 Å². The Bertz CT molecular complexity index is 282. The van der Waals surface area contributed by atoms with Crippen LogP contribution in [0.1, 0.15) is 12.1 Å². The molecule has 0 radical (unpaired) electrons. The Morgan fingerprint density at radius 3 is 3.33 bits per heavy atom. The summed E-state index contributed by atoms with van der Waals surface area (Å²) >= 11 is 3.41. The van der Waals surface area contributed by atoms with Crippen molar-refractivity contribution in [3.05, 3.63) is 16.6 Å². The molecule has 1 aliphatic rings. The Morgan fingerprint density at radius 2 is 2.58 bits per heavy atom. The molecular weight excluding hydrogens is 218 g/mol. The van der Waals surface area contributed by atoms with Crippen LogP contribution in [0.15, 0.2) is 10.9 Å². The van der Waals surface area contributed by atoms with E-state index in [9.17, 15) is 0 Å². The summed E-state index contributed by atoms with van der Waals surface area (Å²) in [6.45, 7) is 1.85. The van der Waals surface area contributed by atoms with Crippen LogP contribution in [0.4, 0.5) is 0 Å². The van der Waals surface area contributed by atoms with E-state index in [4.69, 9.17) is 5.73 Å². The van der Waals surface area contributed by atoms with Gasteiger partial charge in [0, 0.05) is 18.4 Å². The number of aromatic nitrogens is 2. The number of imidazole rings is 1. The molecule has 4 heteroatoms. The van der Waals surface area contributed by atoms with Crippen LogP contribution >= 0.6 is 15.9 Å². The third kappa shape index (κ3) is 1.29. The van der Waals surface area contributed by atoms with Crippen LogP contribution in [0.2, 0.25) is 0 Å². The second-order valence-electron chi connectivity index (χ2n) is 3.26. The number of nitrogens with two attached hydrogens (primary N) is 1. The first-order valence-corrected chi connectivity index (χ1v) is 5.00. The van der Waals surface area contributed by atoms with Crippen LogP contribution in [0.25, 0.3) is 0 Å². The van der Waals surface area contributed by atoms with Crippen LogP contribution < -0.4 is 5.73 Å². The van der Waals surface area contributed by atoms with Gasteiger partial charge in [-0.1, -0.05) is 0 Å². The van der Waals surface area contributed by atoms with Gasteiger partial charge < -0.3 is 10.3 Å². The van der Waals surface area contributed by atoms with Gasteiger partial charge in [0.05, 0.1) is 0 Å². The normalized spacial score (nSPS) is 22.3. The van der Waals surface area contributed by atoms with Crippen molar-refractivity contribution >= 4 is 15.9 Å². The molecule has 0 aromatic carbocycles. The van der Waals surface area contributed by atoms with E-state index in [-0.39, 0.29) is 0 Å². The molecule has 1 atom stereocenters. The van der Waals surface area contributed by atoms with Crippen molar-refractivity contribution in [2.45, 2.75) is 19.4 Å². The summed E-state index contributed by atoms with van der Waals surface area (Å²) in [5.41, 5.74) is 6.93. The molecule has 0 saturated carbocycles. The topological polar surface area (TPSA) is 43.8 Å². The zero-order chi connectivity index (χ0) is 8.55. The first kappa shape index (κ1) is 8.26. The third-order valence-electron chi connectivity index (χ3n) is 2.48. The van der Waals surface area contributed by atoms with Gasteiger partial charge in [0.1, 0.15) is 0 Å². The van der Waals surface area contributed by atoms with Gasteiger partial charge in [-0.25, -0.2) is 4.98 Å². The lowest BCUT2D eigenvalue weighted by Gasteiger charge is -2.22. The minimum absolute atomic E-state index is 0.654. The molecule has 2 N–H and O–H groups in total. The third-order valence-corrected chi connectivity index (χ3v) is 3.11. The van der Waals surface area contributed by atoms with Crippen molar-refractivity contribution in [1.82, 2.24) is 9.55 Å². The van der Waals surface area contributed by atoms with Gasteiger partial charge in [-0.2, -0.15) is 0 Å². The van der Waals surface area contributed by atoms with Crippen LogP contribution in [-0.2, 0) is 13.0 Å². The Hall–Kier alpha value is -0.350. The standard InChI is InChI=1S/C8H12BrN3/c9-8-11-5-7-3-6(4-10)1-2-12(7)8/h5-6H,1-4,10H2. The second kappa shape index (κ2) is 3.18. The average molecular weight is 230 g/mol. The highest BCUT2D eigenvalue weighted by Crippen LogP contribution is 2.23. The van der Waals surface area contributed by atoms with E-state index in [2.05, 4.69) is 25.5 Å². The molecule has 1 aliphatic heterocycles. The maximum Gasteiger partial charge on any atom is 0.177 e. The maximum atomic E-state index is 5.63. The fraction of sp³-hybridized carbons (Fsp3) is 0.625. The largest absolute Gasteiger partial charge is 0.330 e. The lowest BCUT2D eigenvalue weighted by molar-refractivity contribution is 0.393. The lowest BCUT2D eigenvalue weighted by atomic mass is 9.97. The molecule has 66 valence electrons. The predicted octanol–water partition coefficient (Wildman–Crippen LogP) is 1.17. The van der Waals surface area contributed by atoms with Crippen molar-refractivity contribution in [1.29, 1.82) is 0 Å². The van der Waals surface area contributed by atoms with E-state index >= 15 is 0 Å². The van der Waals surface area contributed by atoms with E-state index in [0.717, 1.165) is 24.2 Å². The number of rotatable bonds is 1. The summed E-state index contributed by atoms with van der Waals surface area (Å²) in [6, 6.07) is 0. The number of halogens is 1. The quantitative estimate of drug-likeness (QED) is 0.786. The van der Waals surface area contributed by atoms with Crippen molar-refractivity contribution in [3.8, 4) is 0 Å². The highest BCUT2D eigenvalue weighted by molar-refractivity contribution is 9.10. The SMILES string of the molecule is NCC1CCn2c(cnc2Br)C1. The number of nitrogens with zero attached hydrogens (tertiary/aromatic N) is 2. The zero-order valence-electron chi connectivity index (χ0n) is 6.83. The Morgan fingerprint density at radius 1 is 1.75 bits per heavy atom. The van der Waals surface area contributed by atoms with Crippen molar-refractivity contribution < 1.29 is 0 Å². The van der Waals surface area contributed by atoms with Gasteiger partial charge in [-0.3, -0.25) is 0 Å². The summed E-state index contributed by atoms with van der Waals surface area (Å²) in [4.78, 5) is 4.21. The molecule has 1 unspecified atom stereocenters. The molecule has 1 aromatic rings. The monoisotopic (exact) mass is 229 g/mol. The van der Waals surface area contributed by atoms with E-state index in [0.29, 0.717) is 5.92 Å². The molecule has 0 bridgehead atoms. The highest BCUT2D eigenvalue weighted by Gasteiger charge is 2.18. The molecule has 0 saturated heterocycles. The van der Waals surface area contributed by atoms with Crippen LogP contribution in [0, 0.1) is 5.92 Å². The smallest absolute Gasteiger partial charge is 0.177 e. The average Bonchev–Trinajstić information content (AvgIpc) is 2.47. The number of hydrogen-bond donors (Lipinski definition) is 1. The van der Waals surface area contributed by atoms with Crippen molar-refractivity contribution in [2.24, 2.45) is 11.7 Å². The lowest BCUT2D eigenvalue weighted by Crippen LogP contribution is -2.25. The fourth-order valence-corrected chi connectivity index (χ4v) is 2.20. The molecule has 0 amide bonds. The van der Waals surface area contributed by atoms with Crippen molar-refractivity contribution in [3.63, 3.8) is 0 Å². The summed E-state index contributed by atoms with van der Waals surface area (Å²) in [7, 11) is 0. The first-order chi connectivity index (χ1) is 5.81. The Balaban J connectivity index is 2.24. The summed E-state index contributed by atoms with van der Waals surface area (Å²) in [5, 5.41) is 0. The Labute approximate surface area is 80.1 Å². The molecule has 0 fully saturated rings. The van der Waals surface area contributed by atoms with E-state index in [1.54, 1.807) is 0 Å². The number of fused-ring (bicyclic) bond motifs is 1. The van der Waals surface area contributed by atoms with Gasteiger partial charge >= 0.3 is 0 Å². The maximum absolute atomic E-state index is 5.63. The molecule has 1 aromatic heterocycles. The van der Waals surface area contributed by atoms with Gasteiger partial charge in [0.2, 0.25) is 0 Å². The minimum atomic E-state index is 0.654. The van der Waals surface area contributed by atoms with E-state index in [1.165, 1.54) is 12.1 Å². The van der Waals surface area contributed by atoms with Gasteiger partial charge in [-0.15, -0.1) is 0 Å². The predicted molar refractivity (Wildman–Crippen MR) is 50.8 cm³/mol. The molecular formula is C8H12BrN3. The molecule has 0 aliphatic carbocycles. The molecule has 2 heterocycles. The van der Waals surface area contributed by atoms with Gasteiger partial charge in [0.15, 0.2) is 4.73 Å². The highest BCUT2D eigenvalue weighted by atomic mass is 79.9. The molecule has 12 heavy (non-hydrogen) atoms. The summed E-state index contributed by atoms with van der Waals surface area (Å²) in [5.74, 6) is 0.654. The Kier molecular flexibility index (Phi) is 2.19. The first-order valence-electron chi connectivity index (χ1n) is 4.21. The summed E-state index contributed by atoms with van der Waals surface area (Å²) < 4.78 is 3.17. The second-order valence-corrected chi connectivity index (χ2v) is 3.97. The minimum Gasteiger partial charge on any atom is -0.330 e. The summed E-state index contributed by atoms with van der Waals surface area (Å²) in [6.07, 6.45) is 4.19. The van der Waals surface area contributed by atoms with Crippen LogP contribution in [-0.4, -0.2) is 16.1 Å². The van der Waals surface area contributed by atoms with Crippen LogP contribution in [0.3, 0.4) is 0 Å². The number of hydrogen-bond acceptors (Lipinski definition) is 2. The van der Waals surface area contributed by atoms with Crippen LogP contribution in [0.5, 0.6) is 0 Å². The zero-order valence-corrected chi connectivity index (χ0v) is 8.42. The fourth-order valence-electron chi connectivity index (χ4n) is 1.70. The van der Waals surface area contributed by atoms with E-state index < -0.39 is 0 Å². The van der Waals surface area contributed by atoms with Gasteiger partial charge in [0.25, 0.3) is 0 Å². The molecule has 3 nitrogen and oxygen atoms in total.